The lowest BCUT2D eigenvalue weighted by Gasteiger charge is -2.23. The van der Waals surface area contributed by atoms with E-state index in [2.05, 4.69) is 4.98 Å². The molecule has 0 spiro atoms. The van der Waals surface area contributed by atoms with Crippen LogP contribution in [0.3, 0.4) is 0 Å². The number of Topliss-reactive ketones (excluding diaryl/α,β-unsaturated/α-hetero) is 1. The Hall–Kier alpha value is -2.96. The van der Waals surface area contributed by atoms with Crippen molar-refractivity contribution in [3.05, 3.63) is 87.4 Å². The maximum atomic E-state index is 12.9. The highest BCUT2D eigenvalue weighted by molar-refractivity contribution is 7.14. The number of amides is 1. The van der Waals surface area contributed by atoms with Gasteiger partial charge in [0.1, 0.15) is 5.76 Å². The number of hydrogen-bond acceptors (Lipinski definition) is 5. The number of nitrogens with zero attached hydrogens (tertiary/aromatic N) is 2. The third-order valence-corrected chi connectivity index (χ3v) is 5.60. The van der Waals surface area contributed by atoms with E-state index >= 15 is 0 Å². The van der Waals surface area contributed by atoms with E-state index < -0.39 is 17.7 Å². The number of rotatable bonds is 3. The minimum atomic E-state index is -0.787. The number of carbonyl (C=O) groups is 2. The minimum absolute atomic E-state index is 0.0337. The number of aliphatic hydroxyl groups is 1. The van der Waals surface area contributed by atoms with Crippen LogP contribution in [0.5, 0.6) is 0 Å². The van der Waals surface area contributed by atoms with Gasteiger partial charge in [0.05, 0.1) is 11.6 Å². The highest BCUT2D eigenvalue weighted by Crippen LogP contribution is 2.42. The quantitative estimate of drug-likeness (QED) is 0.385. The maximum Gasteiger partial charge on any atom is 0.301 e. The lowest BCUT2D eigenvalue weighted by molar-refractivity contribution is -0.132. The highest BCUT2D eigenvalue weighted by Gasteiger charge is 2.47. The second-order valence-corrected chi connectivity index (χ2v) is 7.71. The van der Waals surface area contributed by atoms with E-state index in [0.29, 0.717) is 21.3 Å². The lowest BCUT2D eigenvalue weighted by Crippen LogP contribution is -2.29. The van der Waals surface area contributed by atoms with E-state index in [9.17, 15) is 14.7 Å². The van der Waals surface area contributed by atoms with Crippen molar-refractivity contribution in [1.82, 2.24) is 4.98 Å². The van der Waals surface area contributed by atoms with Crippen molar-refractivity contribution in [2.24, 2.45) is 0 Å². The van der Waals surface area contributed by atoms with Crippen molar-refractivity contribution in [2.45, 2.75) is 13.0 Å². The van der Waals surface area contributed by atoms with Crippen molar-refractivity contribution >= 4 is 45.5 Å². The summed E-state index contributed by atoms with van der Waals surface area (Å²) in [5, 5.41) is 13.6. The van der Waals surface area contributed by atoms with Crippen LogP contribution in [0.25, 0.3) is 5.76 Å². The second kappa shape index (κ2) is 7.22. The molecule has 1 atom stereocenters. The normalized spacial score (nSPS) is 18.6. The van der Waals surface area contributed by atoms with Gasteiger partial charge in [0.25, 0.3) is 5.78 Å². The SMILES string of the molecule is Cc1ccc(/C(O)=C2/C(=O)C(=O)N(c3nccs3)[C@H]2c2ccc(Cl)cc2)cc1. The van der Waals surface area contributed by atoms with Crippen LogP contribution in [0.2, 0.25) is 5.02 Å². The predicted molar refractivity (Wildman–Crippen MR) is 110 cm³/mol. The summed E-state index contributed by atoms with van der Waals surface area (Å²) in [6, 6.07) is 13.2. The molecule has 2 heterocycles. The molecule has 1 saturated heterocycles. The molecule has 1 aliphatic heterocycles. The van der Waals surface area contributed by atoms with Crippen molar-refractivity contribution in [2.75, 3.05) is 4.90 Å². The zero-order valence-electron chi connectivity index (χ0n) is 14.8. The van der Waals surface area contributed by atoms with E-state index in [1.165, 1.54) is 16.2 Å². The van der Waals surface area contributed by atoms with E-state index in [1.807, 2.05) is 19.1 Å². The van der Waals surface area contributed by atoms with Crippen molar-refractivity contribution in [3.63, 3.8) is 0 Å². The number of thiazole rings is 1. The number of anilines is 1. The molecular weight excluding hydrogens is 396 g/mol. The van der Waals surface area contributed by atoms with Crippen molar-refractivity contribution in [3.8, 4) is 0 Å². The average molecular weight is 411 g/mol. The monoisotopic (exact) mass is 410 g/mol. The fourth-order valence-electron chi connectivity index (χ4n) is 3.19. The number of benzene rings is 2. The van der Waals surface area contributed by atoms with Crippen LogP contribution in [0.15, 0.2) is 65.7 Å². The molecule has 5 nitrogen and oxygen atoms in total. The third-order valence-electron chi connectivity index (χ3n) is 4.58. The standard InChI is InChI=1S/C21H15ClN2O3S/c1-12-2-4-14(5-3-12)18(25)16-17(13-6-8-15(22)9-7-13)24(20(27)19(16)26)21-23-10-11-28-21/h2-11,17,25H,1H3/b18-16-/t17-/m0/s1. The van der Waals surface area contributed by atoms with Crippen LogP contribution < -0.4 is 4.90 Å². The Bertz CT molecular complexity index is 1070. The van der Waals surface area contributed by atoms with Crippen LogP contribution in [0, 0.1) is 6.92 Å². The molecule has 1 N–H and O–H groups in total. The van der Waals surface area contributed by atoms with Gasteiger partial charge < -0.3 is 5.11 Å². The Morgan fingerprint density at radius 3 is 2.39 bits per heavy atom. The molecular formula is C21H15ClN2O3S. The van der Waals surface area contributed by atoms with Crippen LogP contribution >= 0.6 is 22.9 Å². The Morgan fingerprint density at radius 1 is 1.11 bits per heavy atom. The first-order chi connectivity index (χ1) is 13.5. The number of ketones is 1. The van der Waals surface area contributed by atoms with Crippen molar-refractivity contribution < 1.29 is 14.7 Å². The molecule has 0 bridgehead atoms. The zero-order valence-corrected chi connectivity index (χ0v) is 16.4. The molecule has 7 heteroatoms. The van der Waals surface area contributed by atoms with Crippen LogP contribution in [-0.4, -0.2) is 21.8 Å². The first-order valence-corrected chi connectivity index (χ1v) is 9.76. The van der Waals surface area contributed by atoms with Crippen LogP contribution in [0.1, 0.15) is 22.7 Å². The Morgan fingerprint density at radius 2 is 1.79 bits per heavy atom. The fraction of sp³-hybridized carbons (Fsp3) is 0.0952. The van der Waals surface area contributed by atoms with E-state index in [0.717, 1.165) is 5.56 Å². The Labute approximate surface area is 170 Å². The first kappa shape index (κ1) is 18.4. The number of hydrogen-bond donors (Lipinski definition) is 1. The van der Waals surface area contributed by atoms with Crippen LogP contribution in [0.4, 0.5) is 5.13 Å². The summed E-state index contributed by atoms with van der Waals surface area (Å²) >= 11 is 7.25. The maximum absolute atomic E-state index is 12.9. The fourth-order valence-corrected chi connectivity index (χ4v) is 3.99. The zero-order chi connectivity index (χ0) is 19.8. The number of aromatic nitrogens is 1. The smallest absolute Gasteiger partial charge is 0.301 e. The van der Waals surface area contributed by atoms with E-state index in [1.54, 1.807) is 48.0 Å². The highest BCUT2D eigenvalue weighted by atomic mass is 35.5. The molecule has 28 heavy (non-hydrogen) atoms. The second-order valence-electron chi connectivity index (χ2n) is 6.40. The molecule has 0 saturated carbocycles. The summed E-state index contributed by atoms with van der Waals surface area (Å²) in [6.45, 7) is 1.93. The Kier molecular flexibility index (Phi) is 4.75. The molecule has 140 valence electrons. The molecule has 0 unspecified atom stereocenters. The number of aliphatic hydroxyl groups excluding tert-OH is 1. The summed E-state index contributed by atoms with van der Waals surface area (Å²) in [5.41, 5.74) is 2.19. The van der Waals surface area contributed by atoms with Gasteiger partial charge in [-0.05, 0) is 24.6 Å². The van der Waals surface area contributed by atoms with Crippen molar-refractivity contribution in [1.29, 1.82) is 0 Å². The summed E-state index contributed by atoms with van der Waals surface area (Å²) in [4.78, 5) is 31.2. The van der Waals surface area contributed by atoms with Gasteiger partial charge in [0.15, 0.2) is 5.13 Å². The van der Waals surface area contributed by atoms with Gasteiger partial charge in [-0.2, -0.15) is 0 Å². The van der Waals surface area contributed by atoms with Gasteiger partial charge in [-0.15, -0.1) is 11.3 Å². The summed E-state index contributed by atoms with van der Waals surface area (Å²) < 4.78 is 0. The average Bonchev–Trinajstić information content (AvgIpc) is 3.30. The molecule has 1 amide bonds. The van der Waals surface area contributed by atoms with Gasteiger partial charge in [-0.3, -0.25) is 14.5 Å². The molecule has 0 aliphatic carbocycles. The van der Waals surface area contributed by atoms with E-state index in [-0.39, 0.29) is 11.3 Å². The molecule has 1 aliphatic rings. The molecule has 2 aromatic carbocycles. The lowest BCUT2D eigenvalue weighted by atomic mass is 9.95. The molecule has 3 aromatic rings. The molecule has 1 aromatic heterocycles. The topological polar surface area (TPSA) is 70.5 Å². The van der Waals surface area contributed by atoms with Gasteiger partial charge in [-0.1, -0.05) is 53.6 Å². The number of aryl methyl sites for hydroxylation is 1. The van der Waals surface area contributed by atoms with Crippen LogP contribution in [-0.2, 0) is 9.59 Å². The largest absolute Gasteiger partial charge is 0.507 e. The third kappa shape index (κ3) is 3.10. The summed E-state index contributed by atoms with van der Waals surface area (Å²) in [7, 11) is 0. The number of halogens is 1. The number of carbonyl (C=O) groups excluding carboxylic acids is 2. The summed E-state index contributed by atoms with van der Waals surface area (Å²) in [6.07, 6.45) is 1.57. The van der Waals surface area contributed by atoms with Gasteiger partial charge >= 0.3 is 5.91 Å². The Balaban J connectivity index is 1.93. The molecule has 4 rings (SSSR count). The predicted octanol–water partition coefficient (Wildman–Crippen LogP) is 4.73. The minimum Gasteiger partial charge on any atom is -0.507 e. The molecule has 0 radical (unpaired) electrons. The molecule has 1 fully saturated rings. The first-order valence-electron chi connectivity index (χ1n) is 8.50. The van der Waals surface area contributed by atoms with Gasteiger partial charge in [0.2, 0.25) is 0 Å². The van der Waals surface area contributed by atoms with E-state index in [4.69, 9.17) is 11.6 Å². The summed E-state index contributed by atoms with van der Waals surface area (Å²) in [5.74, 6) is -1.67. The van der Waals surface area contributed by atoms with Gasteiger partial charge in [0, 0.05) is 22.2 Å². The van der Waals surface area contributed by atoms with Gasteiger partial charge in [-0.25, -0.2) is 4.98 Å².